The number of aromatic nitrogens is 2. The molecule has 0 atom stereocenters. The summed E-state index contributed by atoms with van der Waals surface area (Å²) in [5.41, 5.74) is 22.3. The number of nitrogens with zero attached hydrogens (tertiary/aromatic N) is 2. The molecule has 11 aromatic carbocycles. The topological polar surface area (TPSA) is 35.0 Å². The van der Waals surface area contributed by atoms with E-state index in [0.717, 1.165) is 84.1 Å². The zero-order valence-electron chi connectivity index (χ0n) is 40.9. The van der Waals surface area contributed by atoms with Crippen LogP contribution in [0.4, 0.5) is 0 Å². The van der Waals surface area contributed by atoms with Crippen LogP contribution in [0, 0.1) is 0 Å². The van der Waals surface area contributed by atoms with E-state index in [1.54, 1.807) is 0 Å². The summed E-state index contributed by atoms with van der Waals surface area (Å²) in [4.78, 5) is 10.9. The van der Waals surface area contributed by atoms with Crippen molar-refractivity contribution in [3.8, 4) is 89.9 Å². The van der Waals surface area contributed by atoms with Gasteiger partial charge in [0.1, 0.15) is 11.5 Å². The number of hydrogen-bond acceptors (Lipinski definition) is 3. The molecule has 3 nitrogen and oxygen atoms in total. The summed E-state index contributed by atoms with van der Waals surface area (Å²) in [6.07, 6.45) is 0. The van der Waals surface area contributed by atoms with Crippen LogP contribution < -0.4 is 4.74 Å². The van der Waals surface area contributed by atoms with Gasteiger partial charge in [-0.1, -0.05) is 255 Å². The van der Waals surface area contributed by atoms with Crippen molar-refractivity contribution in [1.29, 1.82) is 0 Å². The number of ether oxygens (including phenoxy) is 1. The molecule has 3 aliphatic rings. The smallest absolute Gasteiger partial charge is 0.160 e. The van der Waals surface area contributed by atoms with E-state index in [1.165, 1.54) is 44.5 Å². The Balaban J connectivity index is 0.965. The third-order valence-corrected chi connectivity index (χ3v) is 16.1. The van der Waals surface area contributed by atoms with Gasteiger partial charge < -0.3 is 4.74 Å². The summed E-state index contributed by atoms with van der Waals surface area (Å²) in [5, 5.41) is 0. The molecule has 0 saturated carbocycles. The number of para-hydroxylation sites is 2. The average molecular weight is 955 g/mol. The Hall–Kier alpha value is -9.70. The molecule has 0 unspecified atom stereocenters. The molecule has 12 aromatic rings. The SMILES string of the molecule is c1ccc(-c2cccc(-c3cc(-c4ccccc4-c4cccc5c4Oc4ccccc4C54c5ccccc5C5(c6ccccc6-c6ccccc65)c5ccccc54)nc(-c4cccc(-c5ccccc5)c4)n3)c2)cc1. The molecule has 75 heavy (non-hydrogen) atoms. The predicted molar refractivity (Wildman–Crippen MR) is 304 cm³/mol. The highest BCUT2D eigenvalue weighted by Crippen LogP contribution is 2.67. The monoisotopic (exact) mass is 954 g/mol. The highest BCUT2D eigenvalue weighted by molar-refractivity contribution is 5.93. The van der Waals surface area contributed by atoms with Crippen molar-refractivity contribution in [3.63, 3.8) is 0 Å². The van der Waals surface area contributed by atoms with Crippen molar-refractivity contribution in [2.75, 3.05) is 0 Å². The van der Waals surface area contributed by atoms with Crippen LogP contribution in [0.1, 0.15) is 44.5 Å². The summed E-state index contributed by atoms with van der Waals surface area (Å²) in [6.45, 7) is 0. The summed E-state index contributed by atoms with van der Waals surface area (Å²) in [7, 11) is 0. The molecule has 1 aliphatic heterocycles. The second-order valence-corrected chi connectivity index (χ2v) is 19.9. The van der Waals surface area contributed by atoms with E-state index in [1.807, 2.05) is 0 Å². The van der Waals surface area contributed by atoms with Gasteiger partial charge in [-0.05, 0) is 96.6 Å². The van der Waals surface area contributed by atoms with Crippen LogP contribution in [0.25, 0.3) is 78.4 Å². The van der Waals surface area contributed by atoms with Crippen LogP contribution in [0.3, 0.4) is 0 Å². The Kier molecular flexibility index (Phi) is 9.70. The molecule has 350 valence electrons. The van der Waals surface area contributed by atoms with Crippen molar-refractivity contribution in [1.82, 2.24) is 9.97 Å². The molecule has 3 heteroatoms. The first-order valence-electron chi connectivity index (χ1n) is 25.8. The number of rotatable bonds is 6. The number of fused-ring (bicyclic) bond motifs is 15. The normalized spacial score (nSPS) is 13.7. The third-order valence-electron chi connectivity index (χ3n) is 16.1. The van der Waals surface area contributed by atoms with Crippen molar-refractivity contribution in [3.05, 3.63) is 324 Å². The minimum absolute atomic E-state index is 0.549. The summed E-state index contributed by atoms with van der Waals surface area (Å²) >= 11 is 0. The van der Waals surface area contributed by atoms with Gasteiger partial charge in [0.25, 0.3) is 0 Å². The maximum Gasteiger partial charge on any atom is 0.160 e. The molecule has 2 aliphatic carbocycles. The Morgan fingerprint density at radius 3 is 1.23 bits per heavy atom. The van der Waals surface area contributed by atoms with Crippen LogP contribution in [-0.4, -0.2) is 9.97 Å². The quantitative estimate of drug-likeness (QED) is 0.167. The Morgan fingerprint density at radius 1 is 0.240 bits per heavy atom. The Morgan fingerprint density at radius 2 is 0.627 bits per heavy atom. The van der Waals surface area contributed by atoms with Gasteiger partial charge in [-0.25, -0.2) is 9.97 Å². The fourth-order valence-corrected chi connectivity index (χ4v) is 13.0. The first-order valence-corrected chi connectivity index (χ1v) is 25.8. The van der Waals surface area contributed by atoms with Crippen LogP contribution in [0.5, 0.6) is 11.5 Å². The van der Waals surface area contributed by atoms with Crippen molar-refractivity contribution >= 4 is 0 Å². The standard InChI is InChI=1S/C72H46N2O/c1-3-22-47(23-4-1)49-26-19-28-51(44-49)66-46-67(74-70(73-66)52-29-20-27-50(45-52)48-24-5-2-6-25-48)56-33-8-7-30-53(56)57-34-21-42-65-69(57)75-68-43-18-17-41-64(68)72(65)62-39-15-13-37-60(62)71(61-38-14-16-40-63(61)72)58-35-11-9-31-54(58)55-32-10-12-36-59(55)71/h1-46H. The van der Waals surface area contributed by atoms with E-state index in [-0.39, 0.29) is 0 Å². The molecule has 15 rings (SSSR count). The molecule has 0 N–H and O–H groups in total. The van der Waals surface area contributed by atoms with E-state index in [9.17, 15) is 0 Å². The zero-order chi connectivity index (χ0) is 49.5. The summed E-state index contributed by atoms with van der Waals surface area (Å²) < 4.78 is 7.40. The van der Waals surface area contributed by atoms with Gasteiger partial charge in [0.15, 0.2) is 5.82 Å². The van der Waals surface area contributed by atoms with Gasteiger partial charge >= 0.3 is 0 Å². The first-order chi connectivity index (χ1) is 37.2. The molecular formula is C72H46N2O. The minimum Gasteiger partial charge on any atom is -0.456 e. The largest absolute Gasteiger partial charge is 0.456 e. The van der Waals surface area contributed by atoms with E-state index in [4.69, 9.17) is 14.7 Å². The second-order valence-electron chi connectivity index (χ2n) is 19.9. The predicted octanol–water partition coefficient (Wildman–Crippen LogP) is 17.6. The van der Waals surface area contributed by atoms with Gasteiger partial charge in [0.2, 0.25) is 0 Å². The zero-order valence-corrected chi connectivity index (χ0v) is 40.9. The molecule has 2 heterocycles. The maximum absolute atomic E-state index is 7.40. The molecule has 0 saturated heterocycles. The lowest BCUT2D eigenvalue weighted by atomic mass is 9.51. The van der Waals surface area contributed by atoms with Crippen LogP contribution in [0.2, 0.25) is 0 Å². The van der Waals surface area contributed by atoms with Crippen LogP contribution in [0.15, 0.2) is 279 Å². The van der Waals surface area contributed by atoms with E-state index < -0.39 is 10.8 Å². The lowest BCUT2D eigenvalue weighted by Crippen LogP contribution is -2.45. The minimum atomic E-state index is -0.747. The number of benzene rings is 11. The molecule has 0 fully saturated rings. The van der Waals surface area contributed by atoms with Crippen LogP contribution in [-0.2, 0) is 10.8 Å². The molecular weight excluding hydrogens is 909 g/mol. The third kappa shape index (κ3) is 6.35. The molecule has 1 aromatic heterocycles. The highest BCUT2D eigenvalue weighted by atomic mass is 16.5. The van der Waals surface area contributed by atoms with Crippen molar-refractivity contribution < 1.29 is 4.74 Å². The summed E-state index contributed by atoms with van der Waals surface area (Å²) in [6, 6.07) is 101. The second kappa shape index (κ2) is 16.9. The molecule has 2 spiro atoms. The summed E-state index contributed by atoms with van der Waals surface area (Å²) in [5.74, 6) is 2.32. The average Bonchev–Trinajstić information content (AvgIpc) is 3.79. The maximum atomic E-state index is 7.40. The van der Waals surface area contributed by atoms with Gasteiger partial charge in [0, 0.05) is 33.4 Å². The van der Waals surface area contributed by atoms with E-state index >= 15 is 0 Å². The van der Waals surface area contributed by atoms with Gasteiger partial charge in [-0.2, -0.15) is 0 Å². The first kappa shape index (κ1) is 42.9. The van der Waals surface area contributed by atoms with Crippen molar-refractivity contribution in [2.45, 2.75) is 10.8 Å². The van der Waals surface area contributed by atoms with Gasteiger partial charge in [-0.15, -0.1) is 0 Å². The van der Waals surface area contributed by atoms with Crippen molar-refractivity contribution in [2.24, 2.45) is 0 Å². The molecule has 0 radical (unpaired) electrons. The van der Waals surface area contributed by atoms with Gasteiger partial charge in [0.05, 0.1) is 22.2 Å². The fraction of sp³-hybridized carbons (Fsp3) is 0.0278. The highest BCUT2D eigenvalue weighted by Gasteiger charge is 2.58. The van der Waals surface area contributed by atoms with E-state index in [0.29, 0.717) is 5.82 Å². The lowest BCUT2D eigenvalue weighted by Gasteiger charge is -2.51. The Labute approximate surface area is 436 Å². The van der Waals surface area contributed by atoms with Gasteiger partial charge in [-0.3, -0.25) is 0 Å². The van der Waals surface area contributed by atoms with E-state index in [2.05, 4.69) is 279 Å². The number of hydrogen-bond donors (Lipinski definition) is 0. The van der Waals surface area contributed by atoms with Crippen LogP contribution >= 0.6 is 0 Å². The fourth-order valence-electron chi connectivity index (χ4n) is 13.0. The molecule has 0 amide bonds. The Bertz CT molecular complexity index is 4040. The lowest BCUT2D eigenvalue weighted by molar-refractivity contribution is 0.430. The molecule has 0 bridgehead atoms.